The number of allylic oxidation sites excluding steroid dienone is 2. The lowest BCUT2D eigenvalue weighted by Crippen LogP contribution is -2.60. The molecule has 0 N–H and O–H groups in total. The Morgan fingerprint density at radius 3 is 2.79 bits per heavy atom. The molecule has 78 valence electrons. The highest BCUT2D eigenvalue weighted by Crippen LogP contribution is 2.34. The second-order valence-corrected chi connectivity index (χ2v) is 4.33. The lowest BCUT2D eigenvalue weighted by Gasteiger charge is -2.48. The summed E-state index contributed by atoms with van der Waals surface area (Å²) in [6.45, 7) is 3.10. The van der Waals surface area contributed by atoms with Crippen molar-refractivity contribution in [3.63, 3.8) is 0 Å². The quantitative estimate of drug-likeness (QED) is 0.487. The average molecular weight is 193 g/mol. The molecule has 2 atom stereocenters. The van der Waals surface area contributed by atoms with Gasteiger partial charge >= 0.3 is 0 Å². The number of fused-ring (bicyclic) bond motifs is 1. The first-order valence-electron chi connectivity index (χ1n) is 5.80. The molecule has 1 aliphatic heterocycles. The van der Waals surface area contributed by atoms with Crippen molar-refractivity contribution in [2.24, 2.45) is 5.92 Å². The Morgan fingerprint density at radius 1 is 1.36 bits per heavy atom. The Balaban J connectivity index is 1.99. The van der Waals surface area contributed by atoms with Crippen LogP contribution in [-0.4, -0.2) is 23.4 Å². The average Bonchev–Trinajstić information content (AvgIpc) is 2.16. The molecule has 0 spiro atoms. The molecule has 0 radical (unpaired) electrons. The molecule has 2 aliphatic rings. The summed E-state index contributed by atoms with van der Waals surface area (Å²) in [6.07, 6.45) is 10.1. The topological polar surface area (TPSA) is 20.3 Å². The molecule has 2 nitrogen and oxygen atoms in total. The highest BCUT2D eigenvalue weighted by molar-refractivity contribution is 5.86. The summed E-state index contributed by atoms with van der Waals surface area (Å²) in [6, 6.07) is 0.562. The minimum atomic E-state index is 0.353. The summed E-state index contributed by atoms with van der Waals surface area (Å²) in [5.41, 5.74) is 0. The zero-order chi connectivity index (χ0) is 9.97. The van der Waals surface area contributed by atoms with E-state index in [4.69, 9.17) is 0 Å². The molecule has 1 heterocycles. The maximum atomic E-state index is 11.8. The van der Waals surface area contributed by atoms with Gasteiger partial charge in [-0.2, -0.15) is 0 Å². The first kappa shape index (κ1) is 9.75. The van der Waals surface area contributed by atoms with Crippen LogP contribution in [0.25, 0.3) is 0 Å². The van der Waals surface area contributed by atoms with E-state index in [2.05, 4.69) is 24.0 Å². The fourth-order valence-corrected chi connectivity index (χ4v) is 2.64. The maximum absolute atomic E-state index is 11.8. The number of carbonyl (C=O) groups excluding carboxylic acids is 1. The third-order valence-electron chi connectivity index (χ3n) is 3.37. The van der Waals surface area contributed by atoms with E-state index in [1.807, 2.05) is 0 Å². The summed E-state index contributed by atoms with van der Waals surface area (Å²) in [7, 11) is 0. The Labute approximate surface area is 86.0 Å². The number of nitrogens with zero attached hydrogens (tertiary/aromatic N) is 1. The molecule has 2 unspecified atom stereocenters. The van der Waals surface area contributed by atoms with Crippen LogP contribution < -0.4 is 0 Å². The molecule has 1 fully saturated rings. The molecule has 1 aliphatic carbocycles. The summed E-state index contributed by atoms with van der Waals surface area (Å²) < 4.78 is 0. The molecule has 0 aromatic heterocycles. The van der Waals surface area contributed by atoms with E-state index >= 15 is 0 Å². The lowest BCUT2D eigenvalue weighted by atomic mass is 9.79. The Bertz CT molecular complexity index is 247. The van der Waals surface area contributed by atoms with Crippen LogP contribution in [0.3, 0.4) is 0 Å². The van der Waals surface area contributed by atoms with Crippen LogP contribution in [0.15, 0.2) is 12.2 Å². The number of likely N-dealkylation sites (tertiary alicyclic amines) is 1. The molecule has 2 heteroatoms. The smallest absolute Gasteiger partial charge is 0.228 e. The van der Waals surface area contributed by atoms with Gasteiger partial charge in [0.1, 0.15) is 0 Å². The van der Waals surface area contributed by atoms with Crippen LogP contribution >= 0.6 is 0 Å². The van der Waals surface area contributed by atoms with Gasteiger partial charge in [-0.15, -0.1) is 0 Å². The van der Waals surface area contributed by atoms with Crippen LogP contribution in [0.5, 0.6) is 0 Å². The first-order valence-corrected chi connectivity index (χ1v) is 5.80. The summed E-state index contributed by atoms with van der Waals surface area (Å²) in [5.74, 6) is 0.763. The van der Waals surface area contributed by atoms with Gasteiger partial charge in [-0.3, -0.25) is 4.79 Å². The van der Waals surface area contributed by atoms with Gasteiger partial charge < -0.3 is 4.90 Å². The van der Waals surface area contributed by atoms with Gasteiger partial charge in [-0.1, -0.05) is 19.1 Å². The number of hydrogen-bond acceptors (Lipinski definition) is 1. The largest absolute Gasteiger partial charge is 0.339 e. The predicted molar refractivity (Wildman–Crippen MR) is 56.9 cm³/mol. The maximum Gasteiger partial charge on any atom is 0.228 e. The van der Waals surface area contributed by atoms with E-state index in [-0.39, 0.29) is 0 Å². The molecule has 1 amide bonds. The Hall–Kier alpha value is -0.790. The van der Waals surface area contributed by atoms with Crippen molar-refractivity contribution >= 4 is 5.91 Å². The van der Waals surface area contributed by atoms with Crippen molar-refractivity contribution < 1.29 is 4.79 Å². The standard InChI is InChI=1S/C12H19NO/c1-2-9-13-11-8-6-4-3-5-7-10(11)12(13)14/h3-4,10-11H,2,5-9H2,1H3/b4-3-. The van der Waals surface area contributed by atoms with E-state index in [1.165, 1.54) is 6.42 Å². The third-order valence-corrected chi connectivity index (χ3v) is 3.37. The van der Waals surface area contributed by atoms with Crippen molar-refractivity contribution in [3.8, 4) is 0 Å². The van der Waals surface area contributed by atoms with Crippen molar-refractivity contribution in [1.82, 2.24) is 4.90 Å². The third kappa shape index (κ3) is 1.58. The van der Waals surface area contributed by atoms with Gasteiger partial charge in [0.2, 0.25) is 5.91 Å². The van der Waals surface area contributed by atoms with Crippen molar-refractivity contribution in [3.05, 3.63) is 12.2 Å². The van der Waals surface area contributed by atoms with Gasteiger partial charge in [0.25, 0.3) is 0 Å². The summed E-state index contributed by atoms with van der Waals surface area (Å²) in [5, 5.41) is 0. The van der Waals surface area contributed by atoms with Gasteiger partial charge in [-0.05, 0) is 32.1 Å². The highest BCUT2D eigenvalue weighted by atomic mass is 16.2. The Morgan fingerprint density at radius 2 is 2.07 bits per heavy atom. The molecule has 2 rings (SSSR count). The number of β-lactam (4-membered cyclic amide) rings is 1. The van der Waals surface area contributed by atoms with Crippen molar-refractivity contribution in [2.75, 3.05) is 6.54 Å². The lowest BCUT2D eigenvalue weighted by molar-refractivity contribution is -0.157. The summed E-state index contributed by atoms with van der Waals surface area (Å²) >= 11 is 0. The van der Waals surface area contributed by atoms with E-state index in [9.17, 15) is 4.79 Å². The monoisotopic (exact) mass is 193 g/mol. The zero-order valence-corrected chi connectivity index (χ0v) is 8.91. The second-order valence-electron chi connectivity index (χ2n) is 4.33. The van der Waals surface area contributed by atoms with Gasteiger partial charge in [0, 0.05) is 12.6 Å². The first-order chi connectivity index (χ1) is 6.84. The van der Waals surface area contributed by atoms with Gasteiger partial charge in [-0.25, -0.2) is 0 Å². The summed E-state index contributed by atoms with van der Waals surface area (Å²) in [4.78, 5) is 13.8. The van der Waals surface area contributed by atoms with Crippen LogP contribution in [0.1, 0.15) is 39.0 Å². The number of hydrogen-bond donors (Lipinski definition) is 0. The molecule has 0 aromatic carbocycles. The van der Waals surface area contributed by atoms with Gasteiger partial charge in [0.15, 0.2) is 0 Å². The second kappa shape index (κ2) is 4.16. The number of carbonyl (C=O) groups is 1. The molecule has 1 saturated heterocycles. The molecular formula is C12H19NO. The molecule has 14 heavy (non-hydrogen) atoms. The van der Waals surface area contributed by atoms with E-state index in [1.54, 1.807) is 0 Å². The fraction of sp³-hybridized carbons (Fsp3) is 0.750. The molecule has 0 bridgehead atoms. The van der Waals surface area contributed by atoms with Crippen LogP contribution in [0.2, 0.25) is 0 Å². The van der Waals surface area contributed by atoms with Crippen LogP contribution in [0.4, 0.5) is 0 Å². The number of rotatable bonds is 2. The van der Waals surface area contributed by atoms with E-state index in [0.717, 1.165) is 32.2 Å². The SMILES string of the molecule is CCCN1C(=O)C2CC/C=C\CCC21. The van der Waals surface area contributed by atoms with Crippen LogP contribution in [-0.2, 0) is 4.79 Å². The number of amides is 1. The molecule has 0 saturated carbocycles. The van der Waals surface area contributed by atoms with Gasteiger partial charge in [0.05, 0.1) is 5.92 Å². The highest BCUT2D eigenvalue weighted by Gasteiger charge is 2.45. The van der Waals surface area contributed by atoms with Crippen molar-refractivity contribution in [2.45, 2.75) is 45.1 Å². The predicted octanol–water partition coefficient (Wildman–Crippen LogP) is 2.35. The minimum Gasteiger partial charge on any atom is -0.339 e. The normalized spacial score (nSPS) is 34.1. The molecular weight excluding hydrogens is 174 g/mol. The zero-order valence-electron chi connectivity index (χ0n) is 8.91. The minimum absolute atomic E-state index is 0.353. The Kier molecular flexibility index (Phi) is 2.90. The fourth-order valence-electron chi connectivity index (χ4n) is 2.64. The molecule has 0 aromatic rings. The van der Waals surface area contributed by atoms with Crippen molar-refractivity contribution in [1.29, 1.82) is 0 Å². The van der Waals surface area contributed by atoms with Crippen LogP contribution in [0, 0.1) is 5.92 Å². The van der Waals surface area contributed by atoms with E-state index < -0.39 is 0 Å². The van der Waals surface area contributed by atoms with E-state index in [0.29, 0.717) is 17.9 Å².